The molecule has 0 amide bonds. The average Bonchev–Trinajstić information content (AvgIpc) is 2.03. The van der Waals surface area contributed by atoms with Crippen molar-refractivity contribution in [2.45, 2.75) is 26.2 Å². The summed E-state index contributed by atoms with van der Waals surface area (Å²) < 4.78 is 42.2. The molecule has 0 aromatic rings. The van der Waals surface area contributed by atoms with Crippen LogP contribution in [0.5, 0.6) is 0 Å². The van der Waals surface area contributed by atoms with E-state index in [0.29, 0.717) is 19.3 Å². The van der Waals surface area contributed by atoms with E-state index < -0.39 is 20.5 Å². The summed E-state index contributed by atoms with van der Waals surface area (Å²) in [6, 6.07) is 0. The summed E-state index contributed by atoms with van der Waals surface area (Å²) >= 11 is 0. The van der Waals surface area contributed by atoms with Crippen LogP contribution >= 0.6 is 0 Å². The lowest BCUT2D eigenvalue weighted by molar-refractivity contribution is 0.591. The van der Waals surface area contributed by atoms with E-state index in [1.807, 2.05) is 0 Å². The van der Waals surface area contributed by atoms with Gasteiger partial charge in [-0.15, -0.1) is 0 Å². The molecule has 0 fully saturated rings. The molecule has 0 aromatic heterocycles. The minimum Gasteiger partial charge on any atom is -0.232 e. The Kier molecular flexibility index (Phi) is 6.32. The number of sulfone groups is 1. The molecule has 0 bridgehead atoms. The highest BCUT2D eigenvalue weighted by molar-refractivity contribution is 7.91. The molecule has 0 heterocycles. The van der Waals surface area contributed by atoms with E-state index in [2.05, 4.69) is 0 Å². The molecule has 0 aliphatic carbocycles. The third kappa shape index (κ3) is 8.24. The van der Waals surface area contributed by atoms with Gasteiger partial charge in [0.05, 0.1) is 5.75 Å². The first-order chi connectivity index (χ1) is 5.98. The standard InChI is InChI=1S/C7H16O4S2/c1-2-13(10,11)7-5-3-4-6-12(8)9/h12H,2-7H2,1H3. The lowest BCUT2D eigenvalue weighted by Crippen LogP contribution is -2.08. The van der Waals surface area contributed by atoms with Gasteiger partial charge >= 0.3 is 0 Å². The van der Waals surface area contributed by atoms with Crippen molar-refractivity contribution >= 4 is 20.5 Å². The van der Waals surface area contributed by atoms with Gasteiger partial charge in [-0.05, 0) is 12.8 Å². The summed E-state index contributed by atoms with van der Waals surface area (Å²) in [4.78, 5) is 0. The monoisotopic (exact) mass is 228 g/mol. The van der Waals surface area contributed by atoms with E-state index in [1.54, 1.807) is 6.92 Å². The summed E-state index contributed by atoms with van der Waals surface area (Å²) in [6.45, 7) is 1.61. The highest BCUT2D eigenvalue weighted by Gasteiger charge is 2.05. The Morgan fingerprint density at radius 3 is 2.15 bits per heavy atom. The zero-order valence-electron chi connectivity index (χ0n) is 7.73. The van der Waals surface area contributed by atoms with Gasteiger partial charge in [0.25, 0.3) is 0 Å². The molecular formula is C7H16O4S2. The fourth-order valence-corrected chi connectivity index (χ4v) is 2.30. The van der Waals surface area contributed by atoms with Gasteiger partial charge in [-0.25, -0.2) is 16.8 Å². The minimum atomic E-state index is -2.87. The molecular weight excluding hydrogens is 212 g/mol. The van der Waals surface area contributed by atoms with Crippen molar-refractivity contribution in [3.8, 4) is 0 Å². The van der Waals surface area contributed by atoms with Crippen LogP contribution in [-0.2, 0) is 20.5 Å². The van der Waals surface area contributed by atoms with E-state index in [9.17, 15) is 16.8 Å². The van der Waals surface area contributed by atoms with E-state index >= 15 is 0 Å². The second kappa shape index (κ2) is 6.37. The highest BCUT2D eigenvalue weighted by Crippen LogP contribution is 2.00. The van der Waals surface area contributed by atoms with Gasteiger partial charge in [0.1, 0.15) is 20.5 Å². The van der Waals surface area contributed by atoms with E-state index in [-0.39, 0.29) is 17.3 Å². The minimum absolute atomic E-state index is 0.168. The Morgan fingerprint density at radius 1 is 1.08 bits per heavy atom. The molecule has 0 atom stereocenters. The third-order valence-corrected chi connectivity index (χ3v) is 4.21. The van der Waals surface area contributed by atoms with Gasteiger partial charge in [0.15, 0.2) is 0 Å². The average molecular weight is 228 g/mol. The van der Waals surface area contributed by atoms with Gasteiger partial charge in [-0.3, -0.25) is 0 Å². The van der Waals surface area contributed by atoms with Gasteiger partial charge in [-0.1, -0.05) is 13.3 Å². The van der Waals surface area contributed by atoms with Crippen molar-refractivity contribution < 1.29 is 16.8 Å². The normalized spacial score (nSPS) is 12.2. The highest BCUT2D eigenvalue weighted by atomic mass is 32.2. The maximum Gasteiger partial charge on any atom is 0.150 e. The second-order valence-electron chi connectivity index (χ2n) is 2.85. The van der Waals surface area contributed by atoms with Crippen LogP contribution < -0.4 is 0 Å². The molecule has 0 aromatic carbocycles. The first kappa shape index (κ1) is 12.9. The van der Waals surface area contributed by atoms with Gasteiger partial charge in [0.2, 0.25) is 0 Å². The quantitative estimate of drug-likeness (QED) is 0.499. The predicted octanol–water partition coefficient (Wildman–Crippen LogP) is 0.203. The Bertz CT molecular complexity index is 282. The predicted molar refractivity (Wildman–Crippen MR) is 53.4 cm³/mol. The lowest BCUT2D eigenvalue weighted by atomic mass is 10.3. The molecule has 0 spiro atoms. The molecule has 0 N–H and O–H groups in total. The zero-order chi connectivity index (χ0) is 10.3. The topological polar surface area (TPSA) is 68.3 Å². The number of hydrogen-bond acceptors (Lipinski definition) is 4. The smallest absolute Gasteiger partial charge is 0.150 e. The maximum absolute atomic E-state index is 11.0. The van der Waals surface area contributed by atoms with Crippen molar-refractivity contribution in [3.05, 3.63) is 0 Å². The number of thiol groups is 1. The number of hydrogen-bond donors (Lipinski definition) is 1. The molecule has 0 rings (SSSR count). The molecule has 0 aliphatic heterocycles. The first-order valence-corrected chi connectivity index (χ1v) is 7.48. The molecule has 0 radical (unpaired) electrons. The number of unbranched alkanes of at least 4 members (excludes halogenated alkanes) is 2. The number of rotatable bonds is 7. The lowest BCUT2D eigenvalue weighted by Gasteiger charge is -1.99. The van der Waals surface area contributed by atoms with Gasteiger partial charge < -0.3 is 0 Å². The van der Waals surface area contributed by atoms with Crippen LogP contribution in [0.15, 0.2) is 0 Å². The molecule has 0 aliphatic rings. The summed E-state index contributed by atoms with van der Waals surface area (Å²) in [5.41, 5.74) is 0. The molecule has 6 heteroatoms. The van der Waals surface area contributed by atoms with Gasteiger partial charge in [0, 0.05) is 11.5 Å². The van der Waals surface area contributed by atoms with Crippen LogP contribution in [0.1, 0.15) is 26.2 Å². The molecule has 0 saturated carbocycles. The summed E-state index contributed by atoms with van der Waals surface area (Å²) in [7, 11) is -5.17. The summed E-state index contributed by atoms with van der Waals surface area (Å²) in [6.07, 6.45) is 1.81. The van der Waals surface area contributed by atoms with Crippen molar-refractivity contribution in [1.29, 1.82) is 0 Å². The summed E-state index contributed by atoms with van der Waals surface area (Å²) in [5.74, 6) is 0.517. The fourth-order valence-electron chi connectivity index (χ4n) is 0.884. The van der Waals surface area contributed by atoms with Crippen LogP contribution in [0.4, 0.5) is 0 Å². The van der Waals surface area contributed by atoms with E-state index in [4.69, 9.17) is 0 Å². The Morgan fingerprint density at radius 2 is 1.69 bits per heavy atom. The maximum atomic E-state index is 11.0. The first-order valence-electron chi connectivity index (χ1n) is 4.30. The molecule has 4 nitrogen and oxygen atoms in total. The molecule has 0 saturated heterocycles. The Labute approximate surface area is 81.2 Å². The zero-order valence-corrected chi connectivity index (χ0v) is 9.44. The van der Waals surface area contributed by atoms with Crippen LogP contribution in [0, 0.1) is 0 Å². The van der Waals surface area contributed by atoms with Crippen molar-refractivity contribution in [3.63, 3.8) is 0 Å². The fraction of sp³-hybridized carbons (Fsp3) is 1.00. The van der Waals surface area contributed by atoms with Crippen molar-refractivity contribution in [2.24, 2.45) is 0 Å². The second-order valence-corrected chi connectivity index (χ2v) is 6.44. The largest absolute Gasteiger partial charge is 0.232 e. The van der Waals surface area contributed by atoms with Crippen LogP contribution in [0.2, 0.25) is 0 Å². The van der Waals surface area contributed by atoms with Crippen molar-refractivity contribution in [1.82, 2.24) is 0 Å². The molecule has 13 heavy (non-hydrogen) atoms. The van der Waals surface area contributed by atoms with Crippen LogP contribution in [0.25, 0.3) is 0 Å². The van der Waals surface area contributed by atoms with E-state index in [1.165, 1.54) is 0 Å². The van der Waals surface area contributed by atoms with Gasteiger partial charge in [-0.2, -0.15) is 0 Å². The Hall–Kier alpha value is -0.100. The molecule has 80 valence electrons. The third-order valence-electron chi connectivity index (χ3n) is 1.74. The van der Waals surface area contributed by atoms with Crippen LogP contribution in [0.3, 0.4) is 0 Å². The molecule has 0 unspecified atom stereocenters. The Balaban J connectivity index is 3.47. The summed E-state index contributed by atoms with van der Waals surface area (Å²) in [5, 5.41) is 0. The van der Waals surface area contributed by atoms with Crippen LogP contribution in [-0.4, -0.2) is 34.1 Å². The SMILES string of the molecule is CCS(=O)(=O)CCCCC[SH](=O)=O. The van der Waals surface area contributed by atoms with Crippen molar-refractivity contribution in [2.75, 3.05) is 17.3 Å². The van der Waals surface area contributed by atoms with E-state index in [0.717, 1.165) is 0 Å².